The lowest BCUT2D eigenvalue weighted by Gasteiger charge is -2.07. The van der Waals surface area contributed by atoms with Crippen molar-refractivity contribution in [1.82, 2.24) is 0 Å². The molecule has 0 saturated heterocycles. The van der Waals surface area contributed by atoms with E-state index in [-0.39, 0.29) is 5.69 Å². The molecule has 0 aliphatic rings. The summed E-state index contributed by atoms with van der Waals surface area (Å²) in [7, 11) is 0. The number of alkyl halides is 3. The van der Waals surface area contributed by atoms with Crippen molar-refractivity contribution in [2.75, 3.05) is 0 Å². The largest absolute Gasteiger partial charge is 0.419 e. The van der Waals surface area contributed by atoms with Crippen LogP contribution in [0, 0.1) is 5.82 Å². The molecule has 0 aliphatic heterocycles. The molecule has 74 valence electrons. The number of benzene rings is 1. The molecule has 0 unspecified atom stereocenters. The van der Waals surface area contributed by atoms with E-state index in [4.69, 9.17) is 5.53 Å². The second-order valence-corrected chi connectivity index (χ2v) is 2.35. The first kappa shape index (κ1) is 10.3. The van der Waals surface area contributed by atoms with Crippen LogP contribution in [0.1, 0.15) is 5.56 Å². The number of azide groups is 1. The van der Waals surface area contributed by atoms with Gasteiger partial charge in [0.15, 0.2) is 0 Å². The SMILES string of the molecule is [N-]=[N+]=Nc1ccc(F)c(C(F)(F)F)c1. The van der Waals surface area contributed by atoms with Crippen LogP contribution in [0.5, 0.6) is 0 Å². The van der Waals surface area contributed by atoms with Crippen molar-refractivity contribution >= 4 is 5.69 Å². The van der Waals surface area contributed by atoms with Crippen molar-refractivity contribution in [3.8, 4) is 0 Å². The Morgan fingerprint density at radius 2 is 1.93 bits per heavy atom. The van der Waals surface area contributed by atoms with Crippen molar-refractivity contribution < 1.29 is 17.6 Å². The molecule has 14 heavy (non-hydrogen) atoms. The summed E-state index contributed by atoms with van der Waals surface area (Å²) >= 11 is 0. The van der Waals surface area contributed by atoms with Crippen LogP contribution < -0.4 is 0 Å². The van der Waals surface area contributed by atoms with Crippen molar-refractivity contribution in [3.05, 3.63) is 40.0 Å². The molecule has 7 heteroatoms. The van der Waals surface area contributed by atoms with Crippen molar-refractivity contribution in [2.45, 2.75) is 6.18 Å². The van der Waals surface area contributed by atoms with Gasteiger partial charge in [-0.1, -0.05) is 5.11 Å². The summed E-state index contributed by atoms with van der Waals surface area (Å²) in [6.45, 7) is 0. The fourth-order valence-electron chi connectivity index (χ4n) is 0.844. The third-order valence-corrected chi connectivity index (χ3v) is 1.42. The Morgan fingerprint density at radius 1 is 1.29 bits per heavy atom. The maximum absolute atomic E-state index is 12.7. The Hall–Kier alpha value is -1.75. The highest BCUT2D eigenvalue weighted by Gasteiger charge is 2.34. The Kier molecular flexibility index (Phi) is 2.62. The van der Waals surface area contributed by atoms with Gasteiger partial charge in [-0.3, -0.25) is 0 Å². The number of rotatable bonds is 1. The molecule has 0 spiro atoms. The summed E-state index contributed by atoms with van der Waals surface area (Å²) in [5.74, 6) is -1.39. The minimum Gasteiger partial charge on any atom is -0.206 e. The Bertz CT molecular complexity index is 392. The number of halogens is 4. The van der Waals surface area contributed by atoms with Gasteiger partial charge >= 0.3 is 6.18 Å². The molecule has 1 aromatic rings. The molecule has 1 rings (SSSR count). The average Bonchev–Trinajstić information content (AvgIpc) is 2.07. The van der Waals surface area contributed by atoms with E-state index in [1.165, 1.54) is 0 Å². The molecule has 0 N–H and O–H groups in total. The van der Waals surface area contributed by atoms with Gasteiger partial charge in [-0.25, -0.2) is 4.39 Å². The van der Waals surface area contributed by atoms with Gasteiger partial charge in [0.05, 0.1) is 5.56 Å². The van der Waals surface area contributed by atoms with Crippen LogP contribution in [0.2, 0.25) is 0 Å². The number of hydrogen-bond donors (Lipinski definition) is 0. The first-order valence-corrected chi connectivity index (χ1v) is 3.37. The topological polar surface area (TPSA) is 48.8 Å². The standard InChI is InChI=1S/C7H3F4N3/c8-6-2-1-4(13-14-12)3-5(6)7(9,10)11/h1-3H. The molecule has 0 fully saturated rings. The summed E-state index contributed by atoms with van der Waals surface area (Å²) in [4.78, 5) is 2.29. The third-order valence-electron chi connectivity index (χ3n) is 1.42. The highest BCUT2D eigenvalue weighted by Crippen LogP contribution is 2.33. The van der Waals surface area contributed by atoms with Gasteiger partial charge < -0.3 is 0 Å². The van der Waals surface area contributed by atoms with E-state index in [0.29, 0.717) is 12.1 Å². The first-order valence-electron chi connectivity index (χ1n) is 3.37. The zero-order chi connectivity index (χ0) is 10.8. The molecule has 0 amide bonds. The molecular weight excluding hydrogens is 202 g/mol. The lowest BCUT2D eigenvalue weighted by atomic mass is 10.2. The summed E-state index contributed by atoms with van der Waals surface area (Å²) < 4.78 is 48.9. The molecule has 1 aromatic carbocycles. The van der Waals surface area contributed by atoms with E-state index in [1.807, 2.05) is 0 Å². The molecule has 0 radical (unpaired) electrons. The van der Waals surface area contributed by atoms with Gasteiger partial charge in [0, 0.05) is 10.6 Å². The fourth-order valence-corrected chi connectivity index (χ4v) is 0.844. The highest BCUT2D eigenvalue weighted by molar-refractivity contribution is 5.41. The molecule has 0 aliphatic carbocycles. The summed E-state index contributed by atoms with van der Waals surface area (Å²) in [6.07, 6.45) is -4.79. The quantitative estimate of drug-likeness (QED) is 0.290. The highest BCUT2D eigenvalue weighted by atomic mass is 19.4. The van der Waals surface area contributed by atoms with E-state index >= 15 is 0 Å². The molecule has 0 aromatic heterocycles. The van der Waals surface area contributed by atoms with Crippen LogP contribution in [-0.4, -0.2) is 0 Å². The van der Waals surface area contributed by atoms with E-state index in [1.54, 1.807) is 0 Å². The van der Waals surface area contributed by atoms with Gasteiger partial charge in [0.25, 0.3) is 0 Å². The smallest absolute Gasteiger partial charge is 0.206 e. The average molecular weight is 205 g/mol. The lowest BCUT2D eigenvalue weighted by Crippen LogP contribution is -2.07. The third kappa shape index (κ3) is 2.14. The van der Waals surface area contributed by atoms with Gasteiger partial charge in [-0.15, -0.1) is 0 Å². The number of hydrogen-bond acceptors (Lipinski definition) is 1. The van der Waals surface area contributed by atoms with Gasteiger partial charge in [-0.2, -0.15) is 13.2 Å². The minimum atomic E-state index is -4.79. The van der Waals surface area contributed by atoms with Gasteiger partial charge in [0.2, 0.25) is 0 Å². The van der Waals surface area contributed by atoms with E-state index < -0.39 is 17.6 Å². The van der Waals surface area contributed by atoms with Crippen molar-refractivity contribution in [1.29, 1.82) is 0 Å². The molecule has 0 bridgehead atoms. The van der Waals surface area contributed by atoms with Crippen LogP contribution in [0.4, 0.5) is 23.2 Å². The Morgan fingerprint density at radius 3 is 2.43 bits per heavy atom. The van der Waals surface area contributed by atoms with E-state index in [9.17, 15) is 17.6 Å². The fraction of sp³-hybridized carbons (Fsp3) is 0.143. The Labute approximate surface area is 75.6 Å². The predicted octanol–water partition coefficient (Wildman–Crippen LogP) is 3.79. The zero-order valence-electron chi connectivity index (χ0n) is 6.59. The van der Waals surface area contributed by atoms with Gasteiger partial charge in [-0.05, 0) is 23.7 Å². The molecule has 0 saturated carbocycles. The normalized spacial score (nSPS) is 10.9. The van der Waals surface area contributed by atoms with Crippen LogP contribution in [0.15, 0.2) is 23.3 Å². The first-order chi connectivity index (χ1) is 6.45. The molecule has 0 heterocycles. The van der Waals surface area contributed by atoms with Crippen molar-refractivity contribution in [3.63, 3.8) is 0 Å². The predicted molar refractivity (Wildman–Crippen MR) is 40.2 cm³/mol. The summed E-state index contributed by atoms with van der Waals surface area (Å²) in [5.41, 5.74) is 6.25. The maximum Gasteiger partial charge on any atom is 0.419 e. The number of nitrogens with zero attached hydrogens (tertiary/aromatic N) is 3. The van der Waals surface area contributed by atoms with Crippen molar-refractivity contribution in [2.24, 2.45) is 5.11 Å². The molecule has 0 atom stereocenters. The summed E-state index contributed by atoms with van der Waals surface area (Å²) in [6, 6.07) is 2.02. The van der Waals surface area contributed by atoms with E-state index in [2.05, 4.69) is 10.0 Å². The molecule has 3 nitrogen and oxygen atoms in total. The van der Waals surface area contributed by atoms with Crippen LogP contribution in [0.25, 0.3) is 10.4 Å². The van der Waals surface area contributed by atoms with Crippen LogP contribution >= 0.6 is 0 Å². The summed E-state index contributed by atoms with van der Waals surface area (Å²) in [5, 5.41) is 2.94. The lowest BCUT2D eigenvalue weighted by molar-refractivity contribution is -0.139. The van der Waals surface area contributed by atoms with Gasteiger partial charge in [0.1, 0.15) is 5.82 Å². The zero-order valence-corrected chi connectivity index (χ0v) is 6.59. The monoisotopic (exact) mass is 205 g/mol. The van der Waals surface area contributed by atoms with Crippen LogP contribution in [0.3, 0.4) is 0 Å². The second-order valence-electron chi connectivity index (χ2n) is 2.35. The van der Waals surface area contributed by atoms with E-state index in [0.717, 1.165) is 6.07 Å². The second kappa shape index (κ2) is 3.55. The maximum atomic E-state index is 12.7. The van der Waals surface area contributed by atoms with Crippen LogP contribution in [-0.2, 0) is 6.18 Å². The minimum absolute atomic E-state index is 0.277. The Balaban J connectivity index is 3.28. The molecular formula is C7H3F4N3.